The highest BCUT2D eigenvalue weighted by Gasteiger charge is 2.16. The Morgan fingerprint density at radius 3 is 2.39 bits per heavy atom. The number of nitrogens with zero attached hydrogens (tertiary/aromatic N) is 1. The Morgan fingerprint density at radius 2 is 1.79 bits per heavy atom. The molecule has 0 aliphatic heterocycles. The fraction of sp³-hybridized carbons (Fsp3) is 0.217. The van der Waals surface area contributed by atoms with E-state index in [0.717, 1.165) is 0 Å². The van der Waals surface area contributed by atoms with E-state index in [1.165, 1.54) is 24.8 Å². The monoisotopic (exact) mass is 378 g/mol. The number of anilines is 1. The quantitative estimate of drug-likeness (QED) is 0.657. The van der Waals surface area contributed by atoms with Crippen LogP contribution < -0.4 is 10.1 Å². The van der Waals surface area contributed by atoms with Crippen molar-refractivity contribution in [2.24, 2.45) is 0 Å². The van der Waals surface area contributed by atoms with Crippen molar-refractivity contribution in [3.05, 3.63) is 77.7 Å². The SMILES string of the molecule is COc1cccnc1-c1ccc(C(=O)Nc2ccc(C(C)(C)C)cc2)cc1F. The number of methoxy groups -OCH3 is 1. The third-order valence-corrected chi connectivity index (χ3v) is 4.49. The van der Waals surface area contributed by atoms with Gasteiger partial charge in [0.2, 0.25) is 0 Å². The van der Waals surface area contributed by atoms with Crippen LogP contribution in [0.15, 0.2) is 60.8 Å². The van der Waals surface area contributed by atoms with Gasteiger partial charge in [-0.3, -0.25) is 9.78 Å². The summed E-state index contributed by atoms with van der Waals surface area (Å²) >= 11 is 0. The van der Waals surface area contributed by atoms with Crippen molar-refractivity contribution in [2.45, 2.75) is 26.2 Å². The number of ether oxygens (including phenoxy) is 1. The number of nitrogens with one attached hydrogen (secondary N) is 1. The number of aromatic nitrogens is 1. The number of amides is 1. The lowest BCUT2D eigenvalue weighted by Crippen LogP contribution is -2.14. The normalized spacial score (nSPS) is 11.2. The summed E-state index contributed by atoms with van der Waals surface area (Å²) < 4.78 is 19.9. The number of benzene rings is 2. The molecule has 3 aromatic rings. The first kappa shape index (κ1) is 19.5. The van der Waals surface area contributed by atoms with Crippen LogP contribution in [0.25, 0.3) is 11.3 Å². The van der Waals surface area contributed by atoms with Gasteiger partial charge in [0.05, 0.1) is 7.11 Å². The summed E-state index contributed by atoms with van der Waals surface area (Å²) in [5.74, 6) is -0.438. The predicted octanol–water partition coefficient (Wildman–Crippen LogP) is 5.45. The van der Waals surface area contributed by atoms with Crippen molar-refractivity contribution in [1.82, 2.24) is 4.98 Å². The Balaban J connectivity index is 1.81. The molecule has 1 N–H and O–H groups in total. The van der Waals surface area contributed by atoms with Gasteiger partial charge in [0.1, 0.15) is 17.3 Å². The highest BCUT2D eigenvalue weighted by Crippen LogP contribution is 2.30. The van der Waals surface area contributed by atoms with Crippen LogP contribution in [0.2, 0.25) is 0 Å². The van der Waals surface area contributed by atoms with E-state index in [9.17, 15) is 9.18 Å². The summed E-state index contributed by atoms with van der Waals surface area (Å²) in [5, 5.41) is 2.80. The number of rotatable bonds is 4. The molecule has 0 saturated heterocycles. The highest BCUT2D eigenvalue weighted by atomic mass is 19.1. The average Bonchev–Trinajstić information content (AvgIpc) is 2.67. The molecule has 2 aromatic carbocycles. The van der Waals surface area contributed by atoms with Gasteiger partial charge in [0.15, 0.2) is 0 Å². The Bertz CT molecular complexity index is 992. The van der Waals surface area contributed by atoms with Crippen LogP contribution in [0.5, 0.6) is 5.75 Å². The van der Waals surface area contributed by atoms with Crippen LogP contribution in [-0.4, -0.2) is 18.0 Å². The minimum absolute atomic E-state index is 0.0357. The van der Waals surface area contributed by atoms with Crippen molar-refractivity contribution in [2.75, 3.05) is 12.4 Å². The number of carbonyl (C=O) groups is 1. The lowest BCUT2D eigenvalue weighted by Gasteiger charge is -2.19. The lowest BCUT2D eigenvalue weighted by atomic mass is 9.87. The third kappa shape index (κ3) is 4.19. The molecule has 0 saturated carbocycles. The van der Waals surface area contributed by atoms with Crippen molar-refractivity contribution >= 4 is 11.6 Å². The molecule has 0 aliphatic carbocycles. The maximum absolute atomic E-state index is 14.7. The maximum Gasteiger partial charge on any atom is 0.255 e. The minimum Gasteiger partial charge on any atom is -0.494 e. The van der Waals surface area contributed by atoms with Gasteiger partial charge in [-0.15, -0.1) is 0 Å². The molecular formula is C23H23FN2O2. The molecule has 0 spiro atoms. The zero-order valence-corrected chi connectivity index (χ0v) is 16.4. The zero-order valence-electron chi connectivity index (χ0n) is 16.4. The summed E-state index contributed by atoms with van der Waals surface area (Å²) in [5.41, 5.74) is 2.78. The molecule has 1 heterocycles. The van der Waals surface area contributed by atoms with Gasteiger partial charge in [0, 0.05) is 23.0 Å². The molecule has 144 valence electrons. The Kier molecular flexibility index (Phi) is 5.45. The van der Waals surface area contributed by atoms with Crippen molar-refractivity contribution in [3.8, 4) is 17.0 Å². The summed E-state index contributed by atoms with van der Waals surface area (Å²) in [6, 6.07) is 15.4. The van der Waals surface area contributed by atoms with Crippen molar-refractivity contribution in [3.63, 3.8) is 0 Å². The topological polar surface area (TPSA) is 51.2 Å². The van der Waals surface area contributed by atoms with Gasteiger partial charge in [-0.1, -0.05) is 32.9 Å². The fourth-order valence-electron chi connectivity index (χ4n) is 2.86. The number of halogens is 1. The Labute approximate surface area is 164 Å². The first-order valence-corrected chi connectivity index (χ1v) is 9.00. The summed E-state index contributed by atoms with van der Waals surface area (Å²) in [6.07, 6.45) is 1.57. The average molecular weight is 378 g/mol. The molecule has 3 rings (SSSR count). The van der Waals surface area contributed by atoms with Gasteiger partial charge < -0.3 is 10.1 Å². The molecule has 0 unspecified atom stereocenters. The van der Waals surface area contributed by atoms with Crippen LogP contribution in [0.4, 0.5) is 10.1 Å². The summed E-state index contributed by atoms with van der Waals surface area (Å²) in [7, 11) is 1.51. The van der Waals surface area contributed by atoms with Gasteiger partial charge in [0.25, 0.3) is 5.91 Å². The minimum atomic E-state index is -0.535. The number of carbonyl (C=O) groups excluding carboxylic acids is 1. The molecule has 0 radical (unpaired) electrons. The van der Waals surface area contributed by atoms with Gasteiger partial charge in [-0.25, -0.2) is 4.39 Å². The zero-order chi connectivity index (χ0) is 20.3. The van der Waals surface area contributed by atoms with Crippen molar-refractivity contribution in [1.29, 1.82) is 0 Å². The van der Waals surface area contributed by atoms with E-state index in [1.54, 1.807) is 24.4 Å². The van der Waals surface area contributed by atoms with Crippen LogP contribution in [0.3, 0.4) is 0 Å². The predicted molar refractivity (Wildman–Crippen MR) is 109 cm³/mol. The molecule has 4 nitrogen and oxygen atoms in total. The fourth-order valence-corrected chi connectivity index (χ4v) is 2.86. The van der Waals surface area contributed by atoms with E-state index in [0.29, 0.717) is 17.1 Å². The van der Waals surface area contributed by atoms with E-state index in [-0.39, 0.29) is 22.4 Å². The summed E-state index contributed by atoms with van der Waals surface area (Å²) in [6.45, 7) is 6.38. The first-order valence-electron chi connectivity index (χ1n) is 9.00. The third-order valence-electron chi connectivity index (χ3n) is 4.49. The van der Waals surface area contributed by atoms with E-state index in [4.69, 9.17) is 4.74 Å². The molecule has 0 fully saturated rings. The van der Waals surface area contributed by atoms with Crippen LogP contribution in [0.1, 0.15) is 36.7 Å². The molecular weight excluding hydrogens is 355 g/mol. The molecule has 0 bridgehead atoms. The second-order valence-electron chi connectivity index (χ2n) is 7.53. The Hall–Kier alpha value is -3.21. The molecule has 1 amide bonds. The van der Waals surface area contributed by atoms with Gasteiger partial charge in [-0.05, 0) is 53.4 Å². The number of pyridine rings is 1. The second-order valence-corrected chi connectivity index (χ2v) is 7.53. The summed E-state index contributed by atoms with van der Waals surface area (Å²) in [4.78, 5) is 16.7. The van der Waals surface area contributed by atoms with Crippen LogP contribution in [-0.2, 0) is 5.41 Å². The number of hydrogen-bond donors (Lipinski definition) is 1. The first-order chi connectivity index (χ1) is 13.3. The second kappa shape index (κ2) is 7.80. The van der Waals surface area contributed by atoms with E-state index in [1.807, 2.05) is 24.3 Å². The standard InChI is InChI=1S/C23H23FN2O2/c1-23(2,3)16-8-10-17(11-9-16)26-22(27)15-7-12-18(19(24)14-15)21-20(28-4)6-5-13-25-21/h5-14H,1-4H3,(H,26,27). The number of hydrogen-bond acceptors (Lipinski definition) is 3. The van der Waals surface area contributed by atoms with Gasteiger partial charge in [-0.2, -0.15) is 0 Å². The van der Waals surface area contributed by atoms with E-state index in [2.05, 4.69) is 31.1 Å². The van der Waals surface area contributed by atoms with Crippen molar-refractivity contribution < 1.29 is 13.9 Å². The smallest absolute Gasteiger partial charge is 0.255 e. The molecule has 0 atom stereocenters. The van der Waals surface area contributed by atoms with E-state index >= 15 is 0 Å². The molecule has 1 aromatic heterocycles. The van der Waals surface area contributed by atoms with Crippen LogP contribution >= 0.6 is 0 Å². The Morgan fingerprint density at radius 1 is 1.07 bits per heavy atom. The largest absolute Gasteiger partial charge is 0.494 e. The maximum atomic E-state index is 14.7. The lowest BCUT2D eigenvalue weighted by molar-refractivity contribution is 0.102. The molecule has 28 heavy (non-hydrogen) atoms. The molecule has 5 heteroatoms. The van der Waals surface area contributed by atoms with Gasteiger partial charge >= 0.3 is 0 Å². The van der Waals surface area contributed by atoms with Crippen LogP contribution in [0, 0.1) is 5.82 Å². The van der Waals surface area contributed by atoms with E-state index < -0.39 is 5.82 Å². The highest BCUT2D eigenvalue weighted by molar-refractivity contribution is 6.04. The molecule has 0 aliphatic rings.